The molecule has 2 heterocycles. The zero-order valence-corrected chi connectivity index (χ0v) is 29.9. The van der Waals surface area contributed by atoms with E-state index in [4.69, 9.17) is 51.9 Å². The van der Waals surface area contributed by atoms with Crippen molar-refractivity contribution in [3.63, 3.8) is 0 Å². The Hall–Kier alpha value is -5.03. The SMILES string of the molecule is CCOC(=O)C1=C(c2ccccc2)N=c2s/c(=C\c3cccc(OC)c3OCc3ccc(Cl)c(Cl)c3)c(=O)n2[C@H]1c1ccc(OC)c(OC)c1. The Morgan fingerprint density at radius 1 is 0.880 bits per heavy atom. The van der Waals surface area contributed by atoms with Gasteiger partial charge in [-0.05, 0) is 54.5 Å². The van der Waals surface area contributed by atoms with Crippen LogP contribution in [0.1, 0.15) is 35.2 Å². The second-order valence-electron chi connectivity index (χ2n) is 11.0. The highest BCUT2D eigenvalue weighted by Crippen LogP contribution is 2.39. The van der Waals surface area contributed by atoms with Crippen LogP contribution in [-0.4, -0.2) is 38.5 Å². The number of para-hydroxylation sites is 1. The summed E-state index contributed by atoms with van der Waals surface area (Å²) >= 11 is 13.5. The van der Waals surface area contributed by atoms with Crippen LogP contribution < -0.4 is 33.8 Å². The summed E-state index contributed by atoms with van der Waals surface area (Å²) in [5.74, 6) is 1.26. The first-order valence-corrected chi connectivity index (χ1v) is 17.1. The van der Waals surface area contributed by atoms with Crippen LogP contribution in [0.4, 0.5) is 0 Å². The van der Waals surface area contributed by atoms with E-state index in [2.05, 4.69) is 0 Å². The molecule has 1 aliphatic heterocycles. The van der Waals surface area contributed by atoms with Gasteiger partial charge in [-0.2, -0.15) is 0 Å². The summed E-state index contributed by atoms with van der Waals surface area (Å²) in [6.45, 7) is 2.03. The Morgan fingerprint density at radius 3 is 2.34 bits per heavy atom. The van der Waals surface area contributed by atoms with Crippen LogP contribution >= 0.6 is 34.5 Å². The number of hydrogen-bond acceptors (Lipinski definition) is 9. The predicted octanol–water partition coefficient (Wildman–Crippen LogP) is 6.85. The van der Waals surface area contributed by atoms with E-state index in [9.17, 15) is 9.59 Å². The standard InChI is InChI=1S/C38H32Cl2N2O7S/c1-5-48-37(44)32-33(23-10-7-6-8-11-23)41-38-42(34(32)24-15-17-28(45-2)30(19-24)47-4)36(43)31(50-38)20-25-12-9-13-29(46-3)35(25)49-21-22-14-16-26(39)27(40)18-22/h6-20,34H,5,21H2,1-4H3/b31-20-/t34-/m0/s1. The van der Waals surface area contributed by atoms with E-state index in [1.54, 1.807) is 63.6 Å². The van der Waals surface area contributed by atoms with Gasteiger partial charge in [-0.1, -0.05) is 89.1 Å². The molecule has 50 heavy (non-hydrogen) atoms. The number of ether oxygens (including phenoxy) is 5. The van der Waals surface area contributed by atoms with Crippen LogP contribution in [0.5, 0.6) is 23.0 Å². The number of methoxy groups -OCH3 is 3. The summed E-state index contributed by atoms with van der Waals surface area (Å²) in [5, 5.41) is 0.854. The molecule has 12 heteroatoms. The van der Waals surface area contributed by atoms with Gasteiger partial charge in [0.15, 0.2) is 27.8 Å². The van der Waals surface area contributed by atoms with E-state index in [0.29, 0.717) is 64.8 Å². The Bertz CT molecular complexity index is 2280. The van der Waals surface area contributed by atoms with Crippen molar-refractivity contribution >= 4 is 52.3 Å². The van der Waals surface area contributed by atoms with Gasteiger partial charge in [0.2, 0.25) is 0 Å². The summed E-state index contributed by atoms with van der Waals surface area (Å²) in [6.07, 6.45) is 1.73. The average Bonchev–Trinajstić information content (AvgIpc) is 3.45. The molecule has 0 aliphatic carbocycles. The molecule has 0 saturated carbocycles. The van der Waals surface area contributed by atoms with Crippen molar-refractivity contribution in [3.05, 3.63) is 142 Å². The smallest absolute Gasteiger partial charge is 0.338 e. The molecule has 0 N–H and O–H groups in total. The number of fused-ring (bicyclic) bond motifs is 1. The number of carbonyl (C=O) groups is 1. The summed E-state index contributed by atoms with van der Waals surface area (Å²) in [7, 11) is 4.61. The molecular formula is C38H32Cl2N2O7S. The van der Waals surface area contributed by atoms with Gasteiger partial charge in [-0.25, -0.2) is 9.79 Å². The van der Waals surface area contributed by atoms with E-state index in [1.165, 1.54) is 23.0 Å². The molecule has 1 atom stereocenters. The van der Waals surface area contributed by atoms with Crippen LogP contribution in [0.2, 0.25) is 10.0 Å². The van der Waals surface area contributed by atoms with Gasteiger partial charge in [0.1, 0.15) is 6.61 Å². The largest absolute Gasteiger partial charge is 0.493 e. The predicted molar refractivity (Wildman–Crippen MR) is 194 cm³/mol. The van der Waals surface area contributed by atoms with Gasteiger partial charge >= 0.3 is 5.97 Å². The maximum atomic E-state index is 14.5. The third-order valence-electron chi connectivity index (χ3n) is 7.98. The van der Waals surface area contributed by atoms with Gasteiger partial charge in [-0.15, -0.1) is 0 Å². The fourth-order valence-electron chi connectivity index (χ4n) is 5.67. The molecule has 9 nitrogen and oxygen atoms in total. The van der Waals surface area contributed by atoms with E-state index < -0.39 is 12.0 Å². The van der Waals surface area contributed by atoms with Gasteiger partial charge in [-0.3, -0.25) is 9.36 Å². The number of aromatic nitrogens is 1. The molecule has 4 aromatic carbocycles. The molecule has 1 aliphatic rings. The normalized spacial score (nSPS) is 14.1. The van der Waals surface area contributed by atoms with E-state index >= 15 is 0 Å². The number of thiazole rings is 1. The molecule has 1 aromatic heterocycles. The fourth-order valence-corrected chi connectivity index (χ4v) is 6.98. The first-order valence-electron chi connectivity index (χ1n) is 15.5. The lowest BCUT2D eigenvalue weighted by Gasteiger charge is -2.26. The fraction of sp³-hybridized carbons (Fsp3) is 0.184. The zero-order valence-electron chi connectivity index (χ0n) is 27.6. The molecule has 0 fully saturated rings. The number of nitrogens with zero attached hydrogens (tertiary/aromatic N) is 2. The Labute approximate surface area is 302 Å². The lowest BCUT2D eigenvalue weighted by Crippen LogP contribution is -2.40. The minimum atomic E-state index is -0.904. The minimum Gasteiger partial charge on any atom is -0.493 e. The molecule has 5 aromatic rings. The third kappa shape index (κ3) is 6.87. The molecular weight excluding hydrogens is 699 g/mol. The highest BCUT2D eigenvalue weighted by Gasteiger charge is 2.35. The first kappa shape index (κ1) is 34.8. The lowest BCUT2D eigenvalue weighted by atomic mass is 9.93. The van der Waals surface area contributed by atoms with Crippen molar-refractivity contribution in [2.45, 2.75) is 19.6 Å². The van der Waals surface area contributed by atoms with Crippen molar-refractivity contribution in [1.29, 1.82) is 0 Å². The lowest BCUT2D eigenvalue weighted by molar-refractivity contribution is -0.138. The topological polar surface area (TPSA) is 97.6 Å². The molecule has 256 valence electrons. The van der Waals surface area contributed by atoms with Crippen molar-refractivity contribution < 1.29 is 28.5 Å². The van der Waals surface area contributed by atoms with Crippen LogP contribution in [0.15, 0.2) is 100 Å². The maximum Gasteiger partial charge on any atom is 0.338 e. The monoisotopic (exact) mass is 730 g/mol. The van der Waals surface area contributed by atoms with Crippen molar-refractivity contribution in [2.75, 3.05) is 27.9 Å². The summed E-state index contributed by atoms with van der Waals surface area (Å²) < 4.78 is 30.5. The molecule has 0 saturated heterocycles. The van der Waals surface area contributed by atoms with Crippen LogP contribution in [-0.2, 0) is 16.1 Å². The number of benzene rings is 4. The van der Waals surface area contributed by atoms with Crippen molar-refractivity contribution in [2.24, 2.45) is 4.99 Å². The Balaban J connectivity index is 1.56. The van der Waals surface area contributed by atoms with E-state index in [-0.39, 0.29) is 24.3 Å². The molecule has 0 radical (unpaired) electrons. The quantitative estimate of drug-likeness (QED) is 0.137. The number of halogens is 2. The number of hydrogen-bond donors (Lipinski definition) is 0. The van der Waals surface area contributed by atoms with E-state index in [0.717, 1.165) is 5.56 Å². The molecule has 0 amide bonds. The number of esters is 1. The van der Waals surface area contributed by atoms with Crippen molar-refractivity contribution in [3.8, 4) is 23.0 Å². The summed E-state index contributed by atoms with van der Waals surface area (Å²) in [6, 6.07) is 24.4. The molecule has 6 rings (SSSR count). The minimum absolute atomic E-state index is 0.133. The highest BCUT2D eigenvalue weighted by atomic mass is 35.5. The molecule has 0 spiro atoms. The van der Waals surface area contributed by atoms with Gasteiger partial charge in [0, 0.05) is 11.1 Å². The van der Waals surface area contributed by atoms with Gasteiger partial charge in [0.05, 0.1) is 59.8 Å². The zero-order chi connectivity index (χ0) is 35.4. The third-order valence-corrected chi connectivity index (χ3v) is 9.70. The molecule has 0 bridgehead atoms. The van der Waals surface area contributed by atoms with Crippen LogP contribution in [0, 0.1) is 0 Å². The number of rotatable bonds is 11. The van der Waals surface area contributed by atoms with Crippen LogP contribution in [0.25, 0.3) is 11.8 Å². The Morgan fingerprint density at radius 2 is 1.64 bits per heavy atom. The van der Waals surface area contributed by atoms with Crippen LogP contribution in [0.3, 0.4) is 0 Å². The second-order valence-corrected chi connectivity index (χ2v) is 12.8. The summed E-state index contributed by atoms with van der Waals surface area (Å²) in [5.41, 5.74) is 2.97. The maximum absolute atomic E-state index is 14.5. The highest BCUT2D eigenvalue weighted by molar-refractivity contribution is 7.07. The molecule has 0 unspecified atom stereocenters. The van der Waals surface area contributed by atoms with E-state index in [1.807, 2.05) is 48.5 Å². The summed E-state index contributed by atoms with van der Waals surface area (Å²) in [4.78, 5) is 33.7. The van der Waals surface area contributed by atoms with Gasteiger partial charge < -0.3 is 23.7 Å². The Kier molecular flexibility index (Phi) is 10.6. The van der Waals surface area contributed by atoms with Gasteiger partial charge in [0.25, 0.3) is 5.56 Å². The average molecular weight is 732 g/mol. The second kappa shape index (κ2) is 15.2. The first-order chi connectivity index (χ1) is 24.3. The van der Waals surface area contributed by atoms with Crippen molar-refractivity contribution in [1.82, 2.24) is 4.57 Å². The number of carbonyl (C=O) groups excluding carboxylic acids is 1.